The Morgan fingerprint density at radius 3 is 2.68 bits per heavy atom. The van der Waals surface area contributed by atoms with E-state index in [-0.39, 0.29) is 11.9 Å². The third-order valence-corrected chi connectivity index (χ3v) is 4.35. The summed E-state index contributed by atoms with van der Waals surface area (Å²) in [5.74, 6) is 0.377. The van der Waals surface area contributed by atoms with Crippen molar-refractivity contribution >= 4 is 22.8 Å². The molecule has 0 unspecified atom stereocenters. The molecule has 0 aliphatic carbocycles. The van der Waals surface area contributed by atoms with Crippen LogP contribution in [0.5, 0.6) is 5.88 Å². The number of hydrogen-bond donors (Lipinski definition) is 2. The number of rotatable bonds is 6. The lowest BCUT2D eigenvalue weighted by Crippen LogP contribution is -2.32. The average Bonchev–Trinajstić information content (AvgIpc) is 3.11. The summed E-state index contributed by atoms with van der Waals surface area (Å²) >= 11 is 0. The number of hydrazine groups is 1. The van der Waals surface area contributed by atoms with E-state index in [0.717, 1.165) is 16.5 Å². The number of ether oxygens (including phenoxy) is 1. The summed E-state index contributed by atoms with van der Waals surface area (Å²) in [5, 5.41) is 1.00. The number of nitrogens with one attached hydrogen (secondary N) is 2. The minimum Gasteiger partial charge on any atom is -0.481 e. The molecule has 0 saturated heterocycles. The topological polar surface area (TPSA) is 81.1 Å². The number of nitrogens with zero attached hydrogens (tertiary/aromatic N) is 3. The Kier molecular flexibility index (Phi) is 4.88. The first-order chi connectivity index (χ1) is 13.7. The Morgan fingerprint density at radius 2 is 1.86 bits per heavy atom. The van der Waals surface area contributed by atoms with Gasteiger partial charge in [0, 0.05) is 29.7 Å². The second-order valence-corrected chi connectivity index (χ2v) is 6.16. The van der Waals surface area contributed by atoms with Crippen LogP contribution in [0.4, 0.5) is 5.95 Å². The molecule has 2 N–H and O–H groups in total. The van der Waals surface area contributed by atoms with Crippen LogP contribution >= 0.6 is 0 Å². The van der Waals surface area contributed by atoms with Gasteiger partial charge in [-0.25, -0.2) is 4.98 Å². The summed E-state index contributed by atoms with van der Waals surface area (Å²) < 4.78 is 7.06. The van der Waals surface area contributed by atoms with Gasteiger partial charge in [0.1, 0.15) is 5.69 Å². The van der Waals surface area contributed by atoms with Gasteiger partial charge in [-0.1, -0.05) is 48.5 Å². The smallest absolute Gasteiger partial charge is 0.286 e. The van der Waals surface area contributed by atoms with Crippen LogP contribution in [0.1, 0.15) is 16.1 Å². The molecule has 2 aromatic heterocycles. The molecule has 7 heteroatoms. The first-order valence-electron chi connectivity index (χ1n) is 8.80. The Bertz CT molecular complexity index is 1110. The van der Waals surface area contributed by atoms with Crippen molar-refractivity contribution in [3.8, 4) is 5.88 Å². The second kappa shape index (κ2) is 7.79. The minimum absolute atomic E-state index is 0.249. The number of para-hydroxylation sites is 1. The van der Waals surface area contributed by atoms with Gasteiger partial charge in [-0.05, 0) is 17.7 Å². The highest BCUT2D eigenvalue weighted by Gasteiger charge is 2.16. The number of carbonyl (C=O) groups excluding carboxylic acids is 1. The number of fused-ring (bicyclic) bond motifs is 1. The molecule has 4 aromatic rings. The van der Waals surface area contributed by atoms with Gasteiger partial charge in [-0.3, -0.25) is 15.6 Å². The summed E-state index contributed by atoms with van der Waals surface area (Å²) in [6.07, 6.45) is 1.55. The molecule has 0 fully saturated rings. The van der Waals surface area contributed by atoms with Crippen molar-refractivity contribution in [2.75, 3.05) is 12.5 Å². The monoisotopic (exact) mass is 373 g/mol. The van der Waals surface area contributed by atoms with Gasteiger partial charge < -0.3 is 9.30 Å². The van der Waals surface area contributed by atoms with E-state index in [1.54, 1.807) is 12.3 Å². The largest absolute Gasteiger partial charge is 0.481 e. The summed E-state index contributed by atoms with van der Waals surface area (Å²) in [5.41, 5.74) is 8.05. The number of aromatic nitrogens is 3. The van der Waals surface area contributed by atoms with E-state index in [9.17, 15) is 4.79 Å². The Hall–Kier alpha value is -3.87. The standard InChI is InChI=1S/C21H19N5O2/c1-28-19-11-12-22-21(23-19)25-24-20(27)18-13-16-9-5-6-10-17(16)26(18)14-15-7-3-2-4-8-15/h2-13H,14H2,1H3,(H,24,27)(H,22,23,25). The molecule has 4 rings (SSSR count). The molecule has 140 valence electrons. The highest BCUT2D eigenvalue weighted by atomic mass is 16.5. The molecule has 1 amide bonds. The van der Waals surface area contributed by atoms with Crippen LogP contribution in [0, 0.1) is 0 Å². The molecule has 0 aliphatic heterocycles. The number of hydrogen-bond acceptors (Lipinski definition) is 5. The van der Waals surface area contributed by atoms with Crippen molar-refractivity contribution < 1.29 is 9.53 Å². The van der Waals surface area contributed by atoms with E-state index in [4.69, 9.17) is 4.74 Å². The number of benzene rings is 2. The van der Waals surface area contributed by atoms with E-state index >= 15 is 0 Å². The SMILES string of the molecule is COc1ccnc(NNC(=O)c2cc3ccccc3n2Cc2ccccc2)n1. The van der Waals surface area contributed by atoms with Gasteiger partial charge in [-0.2, -0.15) is 4.98 Å². The summed E-state index contributed by atoms with van der Waals surface area (Å²) in [6, 6.07) is 21.5. The fraction of sp³-hybridized carbons (Fsp3) is 0.0952. The summed E-state index contributed by atoms with van der Waals surface area (Å²) in [7, 11) is 1.52. The van der Waals surface area contributed by atoms with Gasteiger partial charge >= 0.3 is 0 Å². The van der Waals surface area contributed by atoms with Gasteiger partial charge in [0.15, 0.2) is 0 Å². The zero-order valence-corrected chi connectivity index (χ0v) is 15.3. The average molecular weight is 373 g/mol. The van der Waals surface area contributed by atoms with Crippen LogP contribution in [0.3, 0.4) is 0 Å². The van der Waals surface area contributed by atoms with Gasteiger partial charge in [0.25, 0.3) is 5.91 Å². The number of amides is 1. The fourth-order valence-corrected chi connectivity index (χ4v) is 3.03. The number of methoxy groups -OCH3 is 1. The zero-order chi connectivity index (χ0) is 19.3. The van der Waals surface area contributed by atoms with E-state index in [0.29, 0.717) is 18.1 Å². The second-order valence-electron chi connectivity index (χ2n) is 6.16. The molecule has 0 atom stereocenters. The molecule has 0 aliphatic rings. The minimum atomic E-state index is -0.279. The fourth-order valence-electron chi connectivity index (χ4n) is 3.03. The predicted octanol–water partition coefficient (Wildman–Crippen LogP) is 3.25. The van der Waals surface area contributed by atoms with Gasteiger partial charge in [0.2, 0.25) is 11.8 Å². The highest BCUT2D eigenvalue weighted by molar-refractivity contribution is 5.99. The van der Waals surface area contributed by atoms with Gasteiger partial charge in [-0.15, -0.1) is 0 Å². The van der Waals surface area contributed by atoms with E-state index < -0.39 is 0 Å². The predicted molar refractivity (Wildman–Crippen MR) is 107 cm³/mol. The maximum Gasteiger partial charge on any atom is 0.286 e. The molecular formula is C21H19N5O2. The molecule has 0 saturated carbocycles. The molecule has 0 radical (unpaired) electrons. The van der Waals surface area contributed by atoms with Crippen molar-refractivity contribution in [3.05, 3.63) is 84.2 Å². The molecule has 0 bridgehead atoms. The van der Waals surface area contributed by atoms with Crippen LogP contribution in [0.15, 0.2) is 72.9 Å². The zero-order valence-electron chi connectivity index (χ0n) is 15.3. The van der Waals surface area contributed by atoms with Gasteiger partial charge in [0.05, 0.1) is 7.11 Å². The lowest BCUT2D eigenvalue weighted by Gasteiger charge is -2.12. The first kappa shape index (κ1) is 17.5. The van der Waals surface area contributed by atoms with E-state index in [1.165, 1.54) is 7.11 Å². The van der Waals surface area contributed by atoms with Crippen LogP contribution < -0.4 is 15.6 Å². The maximum absolute atomic E-state index is 12.9. The van der Waals surface area contributed by atoms with Crippen molar-refractivity contribution in [2.45, 2.75) is 6.54 Å². The van der Waals surface area contributed by atoms with Crippen LogP contribution in [-0.4, -0.2) is 27.6 Å². The third-order valence-electron chi connectivity index (χ3n) is 4.35. The van der Waals surface area contributed by atoms with Crippen LogP contribution in [0.25, 0.3) is 10.9 Å². The van der Waals surface area contributed by atoms with Crippen molar-refractivity contribution in [1.29, 1.82) is 0 Å². The summed E-state index contributed by atoms with van der Waals surface area (Å²) in [6.45, 7) is 0.590. The first-order valence-corrected chi connectivity index (χ1v) is 8.80. The molecule has 0 spiro atoms. The molecule has 7 nitrogen and oxygen atoms in total. The number of anilines is 1. The third kappa shape index (κ3) is 3.64. The summed E-state index contributed by atoms with van der Waals surface area (Å²) in [4.78, 5) is 21.1. The van der Waals surface area contributed by atoms with Crippen LogP contribution in [0.2, 0.25) is 0 Å². The Labute approximate surface area is 162 Å². The highest BCUT2D eigenvalue weighted by Crippen LogP contribution is 2.21. The quantitative estimate of drug-likeness (QED) is 0.507. The van der Waals surface area contributed by atoms with Crippen molar-refractivity contribution in [1.82, 2.24) is 20.0 Å². The molecule has 2 heterocycles. The maximum atomic E-state index is 12.9. The molecular weight excluding hydrogens is 354 g/mol. The lowest BCUT2D eigenvalue weighted by atomic mass is 10.2. The molecule has 28 heavy (non-hydrogen) atoms. The van der Waals surface area contributed by atoms with Crippen molar-refractivity contribution in [3.63, 3.8) is 0 Å². The number of carbonyl (C=O) groups is 1. The van der Waals surface area contributed by atoms with E-state index in [1.807, 2.05) is 65.2 Å². The lowest BCUT2D eigenvalue weighted by molar-refractivity contribution is 0.0954. The van der Waals surface area contributed by atoms with Crippen LogP contribution in [-0.2, 0) is 6.54 Å². The van der Waals surface area contributed by atoms with E-state index in [2.05, 4.69) is 20.8 Å². The normalized spacial score (nSPS) is 10.6. The Balaban J connectivity index is 1.61. The molecule has 2 aromatic carbocycles. The Morgan fingerprint density at radius 1 is 1.07 bits per heavy atom. The van der Waals surface area contributed by atoms with Crippen molar-refractivity contribution in [2.24, 2.45) is 0 Å².